The molecule has 0 unspecified atom stereocenters. The van der Waals surface area contributed by atoms with Gasteiger partial charge in [0, 0.05) is 17.5 Å². The van der Waals surface area contributed by atoms with E-state index < -0.39 is 0 Å². The predicted molar refractivity (Wildman–Crippen MR) is 75.5 cm³/mol. The van der Waals surface area contributed by atoms with Gasteiger partial charge in [-0.15, -0.1) is 11.3 Å². The van der Waals surface area contributed by atoms with Gasteiger partial charge in [0.15, 0.2) is 0 Å². The Kier molecular flexibility index (Phi) is 3.97. The Balaban J connectivity index is 2.00. The van der Waals surface area contributed by atoms with Gasteiger partial charge in [0.2, 0.25) is 0 Å². The van der Waals surface area contributed by atoms with E-state index in [0.29, 0.717) is 6.04 Å². The smallest absolute Gasteiger partial charge is 0.0388 e. The Bertz CT molecular complexity index is 474. The number of hydrogen-bond donors (Lipinski definition) is 1. The zero-order chi connectivity index (χ0) is 12.3. The second-order valence-electron chi connectivity index (χ2n) is 4.48. The zero-order valence-corrected chi connectivity index (χ0v) is 11.5. The molecule has 2 heteroatoms. The molecule has 2 aromatic rings. The van der Waals surface area contributed by atoms with Crippen LogP contribution >= 0.6 is 11.3 Å². The first-order valence-corrected chi connectivity index (χ1v) is 6.88. The normalized spacial score (nSPS) is 12.6. The number of thiophene rings is 1. The molecule has 17 heavy (non-hydrogen) atoms. The molecule has 0 fully saturated rings. The fourth-order valence-corrected chi connectivity index (χ4v) is 2.66. The van der Waals surface area contributed by atoms with Crippen LogP contribution in [0.1, 0.15) is 34.5 Å². The van der Waals surface area contributed by atoms with E-state index in [2.05, 4.69) is 61.8 Å². The predicted octanol–water partition coefficient (Wildman–Crippen LogP) is 4.22. The maximum atomic E-state index is 3.58. The molecule has 2 rings (SSSR count). The molecular formula is C15H19NS. The SMILES string of the molecule is Cc1cccc(CN[C@H](C)c2cccs2)c1C. The third-order valence-electron chi connectivity index (χ3n) is 3.29. The van der Waals surface area contributed by atoms with Gasteiger partial charge in [-0.2, -0.15) is 0 Å². The van der Waals surface area contributed by atoms with Gasteiger partial charge < -0.3 is 5.32 Å². The largest absolute Gasteiger partial charge is 0.305 e. The minimum atomic E-state index is 0.426. The van der Waals surface area contributed by atoms with Crippen LogP contribution in [-0.4, -0.2) is 0 Å². The molecular weight excluding hydrogens is 226 g/mol. The molecule has 0 aliphatic rings. The van der Waals surface area contributed by atoms with Crippen molar-refractivity contribution < 1.29 is 0 Å². The average Bonchev–Trinajstić information content (AvgIpc) is 2.84. The Morgan fingerprint density at radius 1 is 1.18 bits per heavy atom. The van der Waals surface area contributed by atoms with Crippen molar-refractivity contribution in [3.63, 3.8) is 0 Å². The summed E-state index contributed by atoms with van der Waals surface area (Å²) in [6.07, 6.45) is 0. The van der Waals surface area contributed by atoms with Crippen molar-refractivity contribution >= 4 is 11.3 Å². The van der Waals surface area contributed by atoms with Crippen molar-refractivity contribution in [2.45, 2.75) is 33.4 Å². The number of hydrogen-bond acceptors (Lipinski definition) is 2. The second-order valence-corrected chi connectivity index (χ2v) is 5.46. The number of aryl methyl sites for hydroxylation is 1. The summed E-state index contributed by atoms with van der Waals surface area (Å²) in [6.45, 7) is 7.52. The van der Waals surface area contributed by atoms with Crippen LogP contribution in [0.15, 0.2) is 35.7 Å². The third-order valence-corrected chi connectivity index (χ3v) is 4.34. The molecule has 1 aromatic heterocycles. The molecule has 0 bridgehead atoms. The van der Waals surface area contributed by atoms with Crippen LogP contribution in [0.5, 0.6) is 0 Å². The maximum absolute atomic E-state index is 3.58. The van der Waals surface area contributed by atoms with Crippen molar-refractivity contribution in [1.29, 1.82) is 0 Å². The molecule has 0 spiro atoms. The first kappa shape index (κ1) is 12.3. The van der Waals surface area contributed by atoms with E-state index in [0.717, 1.165) is 6.54 Å². The van der Waals surface area contributed by atoms with E-state index in [4.69, 9.17) is 0 Å². The standard InChI is InChI=1S/C15H19NS/c1-11-6-4-7-14(12(11)2)10-16-13(3)15-8-5-9-17-15/h4-9,13,16H,10H2,1-3H3/t13-/m1/s1. The monoisotopic (exact) mass is 245 g/mol. The average molecular weight is 245 g/mol. The van der Waals surface area contributed by atoms with Gasteiger partial charge in [-0.1, -0.05) is 24.3 Å². The summed E-state index contributed by atoms with van der Waals surface area (Å²) in [5, 5.41) is 5.71. The minimum Gasteiger partial charge on any atom is -0.305 e. The number of benzene rings is 1. The first-order valence-electron chi connectivity index (χ1n) is 6.00. The van der Waals surface area contributed by atoms with E-state index in [1.165, 1.54) is 21.6 Å². The van der Waals surface area contributed by atoms with E-state index in [1.54, 1.807) is 0 Å². The van der Waals surface area contributed by atoms with Gasteiger partial charge in [-0.05, 0) is 48.9 Å². The van der Waals surface area contributed by atoms with Crippen LogP contribution in [0, 0.1) is 13.8 Å². The summed E-state index contributed by atoms with van der Waals surface area (Å²) in [4.78, 5) is 1.40. The van der Waals surface area contributed by atoms with E-state index >= 15 is 0 Å². The molecule has 90 valence electrons. The summed E-state index contributed by atoms with van der Waals surface area (Å²) in [5.41, 5.74) is 4.17. The Labute approximate surface area is 108 Å². The van der Waals surface area contributed by atoms with Gasteiger partial charge in [-0.25, -0.2) is 0 Å². The minimum absolute atomic E-state index is 0.426. The second kappa shape index (κ2) is 5.48. The van der Waals surface area contributed by atoms with Crippen LogP contribution in [0.2, 0.25) is 0 Å². The molecule has 0 aliphatic carbocycles. The molecule has 0 saturated heterocycles. The maximum Gasteiger partial charge on any atom is 0.0388 e. The quantitative estimate of drug-likeness (QED) is 0.850. The molecule has 0 aliphatic heterocycles. The third kappa shape index (κ3) is 2.96. The number of rotatable bonds is 4. The van der Waals surface area contributed by atoms with Crippen molar-refractivity contribution in [3.05, 3.63) is 57.3 Å². The molecule has 1 atom stereocenters. The Morgan fingerprint density at radius 2 is 2.00 bits per heavy atom. The van der Waals surface area contributed by atoms with Crippen LogP contribution in [0.25, 0.3) is 0 Å². The van der Waals surface area contributed by atoms with Crippen LogP contribution < -0.4 is 5.32 Å². The molecule has 0 saturated carbocycles. The molecule has 0 amide bonds. The fourth-order valence-electron chi connectivity index (χ4n) is 1.90. The van der Waals surface area contributed by atoms with Crippen LogP contribution in [0.4, 0.5) is 0 Å². The Hall–Kier alpha value is -1.12. The lowest BCUT2D eigenvalue weighted by atomic mass is 10.0. The van der Waals surface area contributed by atoms with Gasteiger partial charge in [-0.3, -0.25) is 0 Å². The van der Waals surface area contributed by atoms with E-state index in [1.807, 2.05) is 11.3 Å². The van der Waals surface area contributed by atoms with Gasteiger partial charge in [0.1, 0.15) is 0 Å². The molecule has 1 heterocycles. The highest BCUT2D eigenvalue weighted by Crippen LogP contribution is 2.19. The van der Waals surface area contributed by atoms with Crippen molar-refractivity contribution in [2.75, 3.05) is 0 Å². The summed E-state index contributed by atoms with van der Waals surface area (Å²) >= 11 is 1.81. The topological polar surface area (TPSA) is 12.0 Å². The summed E-state index contributed by atoms with van der Waals surface area (Å²) < 4.78 is 0. The summed E-state index contributed by atoms with van der Waals surface area (Å²) in [6, 6.07) is 11.2. The molecule has 0 radical (unpaired) electrons. The highest BCUT2D eigenvalue weighted by molar-refractivity contribution is 7.10. The summed E-state index contributed by atoms with van der Waals surface area (Å²) in [5.74, 6) is 0. The fraction of sp³-hybridized carbons (Fsp3) is 0.333. The number of nitrogens with one attached hydrogen (secondary N) is 1. The lowest BCUT2D eigenvalue weighted by Gasteiger charge is -2.14. The van der Waals surface area contributed by atoms with Gasteiger partial charge in [0.05, 0.1) is 0 Å². The highest BCUT2D eigenvalue weighted by Gasteiger charge is 2.06. The molecule has 1 aromatic carbocycles. The van der Waals surface area contributed by atoms with Crippen molar-refractivity contribution in [2.24, 2.45) is 0 Å². The van der Waals surface area contributed by atoms with E-state index in [9.17, 15) is 0 Å². The lowest BCUT2D eigenvalue weighted by Crippen LogP contribution is -2.17. The van der Waals surface area contributed by atoms with Crippen LogP contribution in [0.3, 0.4) is 0 Å². The summed E-state index contributed by atoms with van der Waals surface area (Å²) in [7, 11) is 0. The van der Waals surface area contributed by atoms with E-state index in [-0.39, 0.29) is 0 Å². The van der Waals surface area contributed by atoms with Crippen molar-refractivity contribution in [3.8, 4) is 0 Å². The molecule has 1 N–H and O–H groups in total. The zero-order valence-electron chi connectivity index (χ0n) is 10.7. The lowest BCUT2D eigenvalue weighted by molar-refractivity contribution is 0.581. The Morgan fingerprint density at radius 3 is 2.71 bits per heavy atom. The van der Waals surface area contributed by atoms with Crippen LogP contribution in [-0.2, 0) is 6.54 Å². The van der Waals surface area contributed by atoms with Gasteiger partial charge in [0.25, 0.3) is 0 Å². The molecule has 1 nitrogen and oxygen atoms in total. The first-order chi connectivity index (χ1) is 8.18. The van der Waals surface area contributed by atoms with Gasteiger partial charge >= 0.3 is 0 Å². The van der Waals surface area contributed by atoms with Crippen molar-refractivity contribution in [1.82, 2.24) is 5.32 Å². The highest BCUT2D eigenvalue weighted by atomic mass is 32.1.